The summed E-state index contributed by atoms with van der Waals surface area (Å²) in [6.07, 6.45) is 4.19. The second-order valence-corrected chi connectivity index (χ2v) is 8.29. The number of benzene rings is 2. The lowest BCUT2D eigenvalue weighted by atomic mass is 10.1. The number of hydrogen-bond donors (Lipinski definition) is 1. The van der Waals surface area contributed by atoms with Crippen molar-refractivity contribution in [3.05, 3.63) is 59.9 Å². The van der Waals surface area contributed by atoms with E-state index in [0.29, 0.717) is 5.16 Å². The first-order valence-corrected chi connectivity index (χ1v) is 10.8. The van der Waals surface area contributed by atoms with Gasteiger partial charge in [0.15, 0.2) is 5.16 Å². The number of hydrogen-bond acceptors (Lipinski definition) is 5. The quantitative estimate of drug-likeness (QED) is 0.620. The number of carbonyl (C=O) groups is 1. The first kappa shape index (κ1) is 19.5. The molecule has 0 bridgehead atoms. The van der Waals surface area contributed by atoms with E-state index in [2.05, 4.69) is 64.6 Å². The van der Waals surface area contributed by atoms with Crippen molar-refractivity contribution in [1.82, 2.24) is 14.8 Å². The van der Waals surface area contributed by atoms with Crippen LogP contribution in [0.25, 0.3) is 5.69 Å². The van der Waals surface area contributed by atoms with Gasteiger partial charge in [-0.2, -0.15) is 0 Å². The van der Waals surface area contributed by atoms with Crippen LogP contribution in [0.1, 0.15) is 24.0 Å². The van der Waals surface area contributed by atoms with E-state index in [-0.39, 0.29) is 11.7 Å². The number of amides is 1. The molecule has 3 aromatic rings. The third-order valence-corrected chi connectivity index (χ3v) is 6.03. The average molecular weight is 408 g/mol. The molecule has 1 N–H and O–H groups in total. The SMILES string of the molecule is Cc1ccc(-n2cnnc2SCC(=O)Nc2ccc(N3CCCC3)cc2)c(C)c1. The first-order chi connectivity index (χ1) is 14.1. The minimum absolute atomic E-state index is 0.0564. The van der Waals surface area contributed by atoms with Crippen molar-refractivity contribution in [3.63, 3.8) is 0 Å². The van der Waals surface area contributed by atoms with E-state index in [1.807, 2.05) is 16.7 Å². The van der Waals surface area contributed by atoms with E-state index in [1.165, 1.54) is 35.9 Å². The highest BCUT2D eigenvalue weighted by Crippen LogP contribution is 2.24. The van der Waals surface area contributed by atoms with Crippen molar-refractivity contribution in [3.8, 4) is 5.69 Å². The Kier molecular flexibility index (Phi) is 5.85. The molecule has 0 spiro atoms. The number of nitrogens with one attached hydrogen (secondary N) is 1. The summed E-state index contributed by atoms with van der Waals surface area (Å²) in [5.41, 5.74) is 5.42. The predicted molar refractivity (Wildman–Crippen MR) is 118 cm³/mol. The number of aromatic nitrogens is 3. The van der Waals surface area contributed by atoms with Crippen molar-refractivity contribution in [2.45, 2.75) is 31.8 Å². The second kappa shape index (κ2) is 8.69. The topological polar surface area (TPSA) is 63.1 Å². The van der Waals surface area contributed by atoms with Crippen LogP contribution in [0.15, 0.2) is 53.9 Å². The summed E-state index contributed by atoms with van der Waals surface area (Å²) in [6.45, 7) is 6.36. The van der Waals surface area contributed by atoms with E-state index in [0.717, 1.165) is 30.0 Å². The Morgan fingerprint density at radius 1 is 1.10 bits per heavy atom. The van der Waals surface area contributed by atoms with Crippen LogP contribution in [0.3, 0.4) is 0 Å². The lowest BCUT2D eigenvalue weighted by molar-refractivity contribution is -0.113. The van der Waals surface area contributed by atoms with Crippen LogP contribution in [0.4, 0.5) is 11.4 Å². The van der Waals surface area contributed by atoms with Crippen LogP contribution in [0, 0.1) is 13.8 Å². The number of anilines is 2. The van der Waals surface area contributed by atoms with Crippen LogP contribution in [0.5, 0.6) is 0 Å². The summed E-state index contributed by atoms with van der Waals surface area (Å²) >= 11 is 1.38. The molecule has 1 aliphatic rings. The molecular weight excluding hydrogens is 382 g/mol. The van der Waals surface area contributed by atoms with E-state index in [9.17, 15) is 4.79 Å². The maximum Gasteiger partial charge on any atom is 0.234 e. The molecule has 1 fully saturated rings. The molecule has 1 aliphatic heterocycles. The molecule has 0 atom stereocenters. The standard InChI is InChI=1S/C22H25N5OS/c1-16-5-10-20(17(2)13-16)27-15-23-25-22(27)29-14-21(28)24-18-6-8-19(9-7-18)26-11-3-4-12-26/h5-10,13,15H,3-4,11-12,14H2,1-2H3,(H,24,28). The van der Waals surface area contributed by atoms with Crippen LogP contribution >= 0.6 is 11.8 Å². The van der Waals surface area contributed by atoms with E-state index in [4.69, 9.17) is 0 Å². The molecule has 2 aromatic carbocycles. The van der Waals surface area contributed by atoms with Crippen LogP contribution in [-0.4, -0.2) is 39.5 Å². The molecule has 7 heteroatoms. The predicted octanol–water partition coefficient (Wildman–Crippen LogP) is 4.22. The third-order valence-electron chi connectivity index (χ3n) is 5.08. The van der Waals surface area contributed by atoms with Crippen LogP contribution in [0.2, 0.25) is 0 Å². The Hall–Kier alpha value is -2.80. The third kappa shape index (κ3) is 4.62. The summed E-state index contributed by atoms with van der Waals surface area (Å²) in [6, 6.07) is 14.3. The Morgan fingerprint density at radius 3 is 2.59 bits per heavy atom. The molecule has 29 heavy (non-hydrogen) atoms. The first-order valence-electron chi connectivity index (χ1n) is 9.85. The molecule has 6 nitrogen and oxygen atoms in total. The molecule has 1 saturated heterocycles. The van der Waals surface area contributed by atoms with Gasteiger partial charge in [-0.05, 0) is 62.6 Å². The molecule has 0 unspecified atom stereocenters. The molecular formula is C22H25N5OS. The van der Waals surface area contributed by atoms with Crippen molar-refractivity contribution in [2.24, 2.45) is 0 Å². The van der Waals surface area contributed by atoms with Gasteiger partial charge in [0, 0.05) is 24.5 Å². The van der Waals surface area contributed by atoms with Gasteiger partial charge < -0.3 is 10.2 Å². The van der Waals surface area contributed by atoms with E-state index < -0.39 is 0 Å². The monoisotopic (exact) mass is 407 g/mol. The lowest BCUT2D eigenvalue weighted by Crippen LogP contribution is -2.18. The maximum atomic E-state index is 12.4. The van der Waals surface area contributed by atoms with Gasteiger partial charge >= 0.3 is 0 Å². The van der Waals surface area contributed by atoms with Gasteiger partial charge in [0.2, 0.25) is 5.91 Å². The maximum absolute atomic E-state index is 12.4. The highest BCUT2D eigenvalue weighted by Gasteiger charge is 2.14. The van der Waals surface area contributed by atoms with Crippen LogP contribution in [-0.2, 0) is 4.79 Å². The smallest absolute Gasteiger partial charge is 0.234 e. The Balaban J connectivity index is 1.36. The van der Waals surface area contributed by atoms with Crippen LogP contribution < -0.4 is 10.2 Å². The van der Waals surface area contributed by atoms with Crippen molar-refractivity contribution >= 4 is 29.0 Å². The van der Waals surface area contributed by atoms with Gasteiger partial charge in [-0.3, -0.25) is 9.36 Å². The molecule has 1 aromatic heterocycles. The highest BCUT2D eigenvalue weighted by molar-refractivity contribution is 7.99. The van der Waals surface area contributed by atoms with Crippen molar-refractivity contribution in [2.75, 3.05) is 29.1 Å². The zero-order valence-electron chi connectivity index (χ0n) is 16.8. The highest BCUT2D eigenvalue weighted by atomic mass is 32.2. The fourth-order valence-electron chi connectivity index (χ4n) is 3.62. The number of rotatable bonds is 6. The van der Waals surface area contributed by atoms with Gasteiger partial charge in [0.25, 0.3) is 0 Å². The summed E-state index contributed by atoms with van der Waals surface area (Å²) in [5, 5.41) is 11.9. The second-order valence-electron chi connectivity index (χ2n) is 7.35. The van der Waals surface area contributed by atoms with Gasteiger partial charge in [0.05, 0.1) is 11.4 Å². The summed E-state index contributed by atoms with van der Waals surface area (Å²) in [4.78, 5) is 14.8. The zero-order chi connectivity index (χ0) is 20.2. The van der Waals surface area contributed by atoms with Gasteiger partial charge in [-0.1, -0.05) is 29.5 Å². The number of carbonyl (C=O) groups excluding carboxylic acids is 1. The van der Waals surface area contributed by atoms with Gasteiger partial charge in [-0.15, -0.1) is 10.2 Å². The van der Waals surface area contributed by atoms with Gasteiger partial charge in [0.1, 0.15) is 6.33 Å². The van der Waals surface area contributed by atoms with E-state index in [1.54, 1.807) is 6.33 Å². The minimum Gasteiger partial charge on any atom is -0.372 e. The normalized spacial score (nSPS) is 13.7. The summed E-state index contributed by atoms with van der Waals surface area (Å²) in [5.74, 6) is 0.219. The number of nitrogens with zero attached hydrogens (tertiary/aromatic N) is 4. The number of aryl methyl sites for hydroxylation is 2. The summed E-state index contributed by atoms with van der Waals surface area (Å²) < 4.78 is 1.93. The minimum atomic E-state index is -0.0564. The molecule has 0 saturated carbocycles. The zero-order valence-corrected chi connectivity index (χ0v) is 17.6. The van der Waals surface area contributed by atoms with Crippen molar-refractivity contribution in [1.29, 1.82) is 0 Å². The molecule has 0 radical (unpaired) electrons. The number of thioether (sulfide) groups is 1. The molecule has 1 amide bonds. The van der Waals surface area contributed by atoms with Crippen molar-refractivity contribution < 1.29 is 4.79 Å². The molecule has 4 rings (SSSR count). The fraction of sp³-hybridized carbons (Fsp3) is 0.318. The lowest BCUT2D eigenvalue weighted by Gasteiger charge is -2.17. The molecule has 0 aliphatic carbocycles. The Bertz CT molecular complexity index is 993. The van der Waals surface area contributed by atoms with Gasteiger partial charge in [-0.25, -0.2) is 0 Å². The average Bonchev–Trinajstić information content (AvgIpc) is 3.39. The molecule has 150 valence electrons. The summed E-state index contributed by atoms with van der Waals surface area (Å²) in [7, 11) is 0. The fourth-order valence-corrected chi connectivity index (χ4v) is 4.34. The molecule has 2 heterocycles. The van der Waals surface area contributed by atoms with E-state index >= 15 is 0 Å². The Morgan fingerprint density at radius 2 is 1.86 bits per heavy atom. The Labute approximate surface area is 175 Å². The largest absolute Gasteiger partial charge is 0.372 e.